The van der Waals surface area contributed by atoms with Crippen LogP contribution in [-0.4, -0.2) is 16.7 Å². The Hall–Kier alpha value is -1.51. The molecule has 0 bridgehead atoms. The van der Waals surface area contributed by atoms with E-state index < -0.39 is 5.41 Å². The summed E-state index contributed by atoms with van der Waals surface area (Å²) >= 11 is 0. The number of aromatic hydroxyl groups is 1. The van der Waals surface area contributed by atoms with Crippen LogP contribution in [0, 0.1) is 5.41 Å². The molecule has 23 heavy (non-hydrogen) atoms. The van der Waals surface area contributed by atoms with Gasteiger partial charge in [-0.15, -0.1) is 0 Å². The standard InChI is InChI=1S/C20H30O3/c1-5-19(3,18(22)23-20(4)12-6-7-13-20)14-15(2)16-8-10-17(21)11-9-16/h8-11,15,21H,5-7,12-14H2,1-4H3. The predicted octanol–water partition coefficient (Wildman–Crippen LogP) is 5.18. The van der Waals surface area contributed by atoms with Crippen molar-refractivity contribution in [1.29, 1.82) is 0 Å². The Morgan fingerprint density at radius 1 is 1.30 bits per heavy atom. The minimum Gasteiger partial charge on any atom is -0.508 e. The first kappa shape index (κ1) is 17.8. The molecule has 0 amide bonds. The minimum absolute atomic E-state index is 0.0602. The lowest BCUT2D eigenvalue weighted by molar-refractivity contribution is -0.170. The molecule has 2 unspecified atom stereocenters. The number of phenolic OH excluding ortho intramolecular Hbond substituents is 1. The molecule has 3 nitrogen and oxygen atoms in total. The Morgan fingerprint density at radius 2 is 1.87 bits per heavy atom. The summed E-state index contributed by atoms with van der Waals surface area (Å²) in [7, 11) is 0. The van der Waals surface area contributed by atoms with Crippen LogP contribution in [0.15, 0.2) is 24.3 Å². The molecule has 2 atom stereocenters. The number of ether oxygens (including phenoxy) is 1. The molecular weight excluding hydrogens is 288 g/mol. The molecule has 0 aliphatic heterocycles. The molecule has 3 heteroatoms. The van der Waals surface area contributed by atoms with Gasteiger partial charge in [-0.25, -0.2) is 0 Å². The van der Waals surface area contributed by atoms with E-state index in [4.69, 9.17) is 4.74 Å². The number of rotatable bonds is 6. The highest BCUT2D eigenvalue weighted by molar-refractivity contribution is 5.77. The van der Waals surface area contributed by atoms with Gasteiger partial charge < -0.3 is 9.84 Å². The van der Waals surface area contributed by atoms with Gasteiger partial charge in [-0.2, -0.15) is 0 Å². The van der Waals surface area contributed by atoms with Crippen molar-refractivity contribution < 1.29 is 14.6 Å². The lowest BCUT2D eigenvalue weighted by atomic mass is 9.77. The van der Waals surface area contributed by atoms with E-state index in [1.54, 1.807) is 12.1 Å². The lowest BCUT2D eigenvalue weighted by Gasteiger charge is -2.34. The van der Waals surface area contributed by atoms with Crippen molar-refractivity contribution in [3.8, 4) is 5.75 Å². The Labute approximate surface area is 140 Å². The number of phenols is 1. The van der Waals surface area contributed by atoms with E-state index in [1.165, 1.54) is 0 Å². The highest BCUT2D eigenvalue weighted by Gasteiger charge is 2.40. The van der Waals surface area contributed by atoms with E-state index >= 15 is 0 Å². The SMILES string of the molecule is CCC(C)(CC(C)c1ccc(O)cc1)C(=O)OC1(C)CCCC1. The molecule has 0 heterocycles. The van der Waals surface area contributed by atoms with Crippen molar-refractivity contribution in [2.75, 3.05) is 0 Å². The van der Waals surface area contributed by atoms with Gasteiger partial charge in [0.25, 0.3) is 0 Å². The van der Waals surface area contributed by atoms with Crippen molar-refractivity contribution in [2.45, 2.75) is 77.7 Å². The van der Waals surface area contributed by atoms with Gasteiger partial charge in [-0.05, 0) is 76.0 Å². The molecule has 128 valence electrons. The molecule has 2 rings (SSSR count). The van der Waals surface area contributed by atoms with Gasteiger partial charge in [0.15, 0.2) is 0 Å². The zero-order valence-corrected chi connectivity index (χ0v) is 14.9. The largest absolute Gasteiger partial charge is 0.508 e. The fourth-order valence-corrected chi connectivity index (χ4v) is 3.54. The van der Waals surface area contributed by atoms with Crippen molar-refractivity contribution in [2.24, 2.45) is 5.41 Å². The third-order valence-electron chi connectivity index (χ3n) is 5.49. The first-order chi connectivity index (χ1) is 10.8. The van der Waals surface area contributed by atoms with E-state index in [0.29, 0.717) is 0 Å². The summed E-state index contributed by atoms with van der Waals surface area (Å²) in [6.45, 7) is 8.27. The smallest absolute Gasteiger partial charge is 0.312 e. The maximum Gasteiger partial charge on any atom is 0.312 e. The number of benzene rings is 1. The average Bonchev–Trinajstić information content (AvgIpc) is 2.93. The monoisotopic (exact) mass is 318 g/mol. The van der Waals surface area contributed by atoms with Crippen LogP contribution in [0.4, 0.5) is 0 Å². The summed E-state index contributed by atoms with van der Waals surface area (Å²) in [6, 6.07) is 7.26. The molecule has 0 aromatic heterocycles. The molecule has 1 N–H and O–H groups in total. The summed E-state index contributed by atoms with van der Waals surface area (Å²) in [6.07, 6.45) is 5.78. The molecule has 1 fully saturated rings. The molecule has 1 saturated carbocycles. The first-order valence-corrected chi connectivity index (χ1v) is 8.80. The van der Waals surface area contributed by atoms with Crippen LogP contribution in [0.2, 0.25) is 0 Å². The van der Waals surface area contributed by atoms with E-state index in [-0.39, 0.29) is 23.2 Å². The molecule has 1 aliphatic rings. The Morgan fingerprint density at radius 3 is 2.39 bits per heavy atom. The summed E-state index contributed by atoms with van der Waals surface area (Å²) in [5, 5.41) is 9.42. The number of carbonyl (C=O) groups is 1. The van der Waals surface area contributed by atoms with Crippen LogP contribution >= 0.6 is 0 Å². The second-order valence-electron chi connectivity index (χ2n) is 7.66. The van der Waals surface area contributed by atoms with Crippen molar-refractivity contribution >= 4 is 5.97 Å². The molecule has 0 radical (unpaired) electrons. The van der Waals surface area contributed by atoms with Crippen LogP contribution in [0.1, 0.15) is 77.7 Å². The molecule has 0 saturated heterocycles. The van der Waals surface area contributed by atoms with E-state index in [9.17, 15) is 9.90 Å². The molecule has 1 aromatic carbocycles. The Bertz CT molecular complexity index is 528. The van der Waals surface area contributed by atoms with E-state index in [1.807, 2.05) is 19.1 Å². The summed E-state index contributed by atoms with van der Waals surface area (Å²) in [4.78, 5) is 12.8. The third kappa shape index (κ3) is 4.27. The molecule has 0 spiro atoms. The number of esters is 1. The number of carbonyl (C=O) groups excluding carboxylic acids is 1. The number of hydrogen-bond acceptors (Lipinski definition) is 3. The highest BCUT2D eigenvalue weighted by Crippen LogP contribution is 2.40. The van der Waals surface area contributed by atoms with Gasteiger partial charge in [0.2, 0.25) is 0 Å². The summed E-state index contributed by atoms with van der Waals surface area (Å²) < 4.78 is 5.93. The lowest BCUT2D eigenvalue weighted by Crippen LogP contribution is -2.38. The molecule has 1 aromatic rings. The van der Waals surface area contributed by atoms with Crippen LogP contribution in [0.5, 0.6) is 5.75 Å². The fraction of sp³-hybridized carbons (Fsp3) is 0.650. The predicted molar refractivity (Wildman–Crippen MR) is 92.5 cm³/mol. The summed E-state index contributed by atoms with van der Waals surface area (Å²) in [5.74, 6) is 0.451. The average molecular weight is 318 g/mol. The highest BCUT2D eigenvalue weighted by atomic mass is 16.6. The van der Waals surface area contributed by atoms with E-state index in [2.05, 4.69) is 20.8 Å². The Kier molecular flexibility index (Phi) is 5.38. The topological polar surface area (TPSA) is 46.5 Å². The van der Waals surface area contributed by atoms with Crippen molar-refractivity contribution in [3.63, 3.8) is 0 Å². The van der Waals surface area contributed by atoms with Crippen LogP contribution in [0.3, 0.4) is 0 Å². The van der Waals surface area contributed by atoms with Gasteiger partial charge in [0, 0.05) is 0 Å². The molecular formula is C20H30O3. The van der Waals surface area contributed by atoms with Crippen molar-refractivity contribution in [1.82, 2.24) is 0 Å². The molecule has 1 aliphatic carbocycles. The van der Waals surface area contributed by atoms with Gasteiger partial charge in [0.05, 0.1) is 5.41 Å². The van der Waals surface area contributed by atoms with Crippen LogP contribution in [-0.2, 0) is 9.53 Å². The van der Waals surface area contributed by atoms with Crippen molar-refractivity contribution in [3.05, 3.63) is 29.8 Å². The van der Waals surface area contributed by atoms with Crippen LogP contribution in [0.25, 0.3) is 0 Å². The first-order valence-electron chi connectivity index (χ1n) is 8.80. The van der Waals surface area contributed by atoms with Gasteiger partial charge >= 0.3 is 5.97 Å². The maximum absolute atomic E-state index is 12.8. The number of hydrogen-bond donors (Lipinski definition) is 1. The van der Waals surface area contributed by atoms with Gasteiger partial charge in [-0.1, -0.05) is 26.0 Å². The zero-order valence-electron chi connectivity index (χ0n) is 14.9. The second kappa shape index (κ2) is 6.94. The third-order valence-corrected chi connectivity index (χ3v) is 5.49. The minimum atomic E-state index is -0.469. The van der Waals surface area contributed by atoms with Gasteiger partial charge in [0.1, 0.15) is 11.4 Å². The second-order valence-corrected chi connectivity index (χ2v) is 7.66. The van der Waals surface area contributed by atoms with E-state index in [0.717, 1.165) is 44.1 Å². The maximum atomic E-state index is 12.8. The Balaban J connectivity index is 2.06. The fourth-order valence-electron chi connectivity index (χ4n) is 3.54. The van der Waals surface area contributed by atoms with Gasteiger partial charge in [-0.3, -0.25) is 4.79 Å². The van der Waals surface area contributed by atoms with Crippen LogP contribution < -0.4 is 0 Å². The zero-order chi connectivity index (χ0) is 17.1. The quantitative estimate of drug-likeness (QED) is 0.735. The summed E-state index contributed by atoms with van der Waals surface area (Å²) in [5.41, 5.74) is 0.403. The normalized spacial score (nSPS) is 20.7.